The number of hydrogen-bond acceptors (Lipinski definition) is 5. The van der Waals surface area contributed by atoms with Gasteiger partial charge in [-0.1, -0.05) is 18.2 Å². The van der Waals surface area contributed by atoms with E-state index in [4.69, 9.17) is 4.74 Å². The van der Waals surface area contributed by atoms with Crippen LogP contribution in [0.3, 0.4) is 0 Å². The first kappa shape index (κ1) is 14.9. The molecule has 7 heteroatoms. The van der Waals surface area contributed by atoms with Gasteiger partial charge in [-0.05, 0) is 12.1 Å². The van der Waals surface area contributed by atoms with Gasteiger partial charge in [0.25, 0.3) is 0 Å². The molecular weight excluding hydrogens is 306 g/mol. The number of benzene rings is 1. The molecule has 0 radical (unpaired) electrons. The predicted octanol–water partition coefficient (Wildman–Crippen LogP) is 1.86. The zero-order valence-electron chi connectivity index (χ0n) is 13.3. The van der Waals surface area contributed by atoms with Crippen molar-refractivity contribution in [2.75, 3.05) is 36.5 Å². The Morgan fingerprint density at radius 3 is 2.71 bits per heavy atom. The number of amides is 2. The number of ether oxygens (including phenoxy) is 1. The first-order valence-electron chi connectivity index (χ1n) is 8.08. The number of fused-ring (bicyclic) bond motifs is 1. The Morgan fingerprint density at radius 1 is 1.12 bits per heavy atom. The Bertz CT molecular complexity index is 731. The van der Waals surface area contributed by atoms with Crippen molar-refractivity contribution in [1.82, 2.24) is 14.9 Å². The summed E-state index contributed by atoms with van der Waals surface area (Å²) in [4.78, 5) is 25.4. The summed E-state index contributed by atoms with van der Waals surface area (Å²) in [5.74, 6) is 0.724. The molecule has 0 bridgehead atoms. The van der Waals surface area contributed by atoms with E-state index in [9.17, 15) is 4.79 Å². The molecule has 124 valence electrons. The number of nitrogens with one attached hydrogen (secondary N) is 1. The van der Waals surface area contributed by atoms with Gasteiger partial charge in [0.15, 0.2) is 0 Å². The van der Waals surface area contributed by atoms with Crippen LogP contribution >= 0.6 is 0 Å². The van der Waals surface area contributed by atoms with E-state index in [1.54, 1.807) is 4.90 Å². The van der Waals surface area contributed by atoms with E-state index in [1.165, 1.54) is 0 Å². The van der Waals surface area contributed by atoms with Gasteiger partial charge < -0.3 is 19.9 Å². The van der Waals surface area contributed by atoms with Crippen LogP contribution in [-0.2, 0) is 17.8 Å². The van der Waals surface area contributed by atoms with Gasteiger partial charge in [0, 0.05) is 30.5 Å². The SMILES string of the molecule is O=C(Nc1ccccc1)N1Cc2cnc(N3CCOCC3)nc2C1. The summed E-state index contributed by atoms with van der Waals surface area (Å²) >= 11 is 0. The lowest BCUT2D eigenvalue weighted by Crippen LogP contribution is -2.37. The molecule has 0 atom stereocenters. The summed E-state index contributed by atoms with van der Waals surface area (Å²) in [5.41, 5.74) is 2.73. The molecule has 7 nitrogen and oxygen atoms in total. The van der Waals surface area contributed by atoms with Gasteiger partial charge >= 0.3 is 6.03 Å². The third kappa shape index (κ3) is 3.03. The Labute approximate surface area is 140 Å². The van der Waals surface area contributed by atoms with Gasteiger partial charge in [0.2, 0.25) is 5.95 Å². The minimum Gasteiger partial charge on any atom is -0.378 e. The van der Waals surface area contributed by atoms with E-state index >= 15 is 0 Å². The molecule has 3 heterocycles. The molecule has 1 N–H and O–H groups in total. The molecule has 1 saturated heterocycles. The Hall–Kier alpha value is -2.67. The van der Waals surface area contributed by atoms with Crippen LogP contribution in [-0.4, -0.2) is 47.2 Å². The van der Waals surface area contributed by atoms with Crippen LogP contribution in [0.25, 0.3) is 0 Å². The fourth-order valence-electron chi connectivity index (χ4n) is 2.93. The van der Waals surface area contributed by atoms with Crippen LogP contribution < -0.4 is 10.2 Å². The van der Waals surface area contributed by atoms with E-state index in [0.717, 1.165) is 36.0 Å². The van der Waals surface area contributed by atoms with Crippen molar-refractivity contribution in [2.24, 2.45) is 0 Å². The maximum Gasteiger partial charge on any atom is 0.322 e. The van der Waals surface area contributed by atoms with Crippen LogP contribution in [0, 0.1) is 0 Å². The highest BCUT2D eigenvalue weighted by atomic mass is 16.5. The highest BCUT2D eigenvalue weighted by Gasteiger charge is 2.26. The van der Waals surface area contributed by atoms with Crippen molar-refractivity contribution < 1.29 is 9.53 Å². The highest BCUT2D eigenvalue weighted by Crippen LogP contribution is 2.23. The van der Waals surface area contributed by atoms with Crippen LogP contribution in [0.1, 0.15) is 11.3 Å². The van der Waals surface area contributed by atoms with Gasteiger partial charge in [-0.2, -0.15) is 0 Å². The third-order valence-corrected chi connectivity index (χ3v) is 4.25. The summed E-state index contributed by atoms with van der Waals surface area (Å²) in [6.07, 6.45) is 1.84. The number of urea groups is 1. The number of anilines is 2. The predicted molar refractivity (Wildman–Crippen MR) is 89.8 cm³/mol. The minimum atomic E-state index is -0.118. The summed E-state index contributed by atoms with van der Waals surface area (Å²) in [6.45, 7) is 4.05. The lowest BCUT2D eigenvalue weighted by Gasteiger charge is -2.26. The standard InChI is InChI=1S/C17H19N5O2/c23-17(19-14-4-2-1-3-5-14)22-11-13-10-18-16(20-15(13)12-22)21-6-8-24-9-7-21/h1-5,10H,6-9,11-12H2,(H,19,23). The molecule has 4 rings (SSSR count). The second-order valence-corrected chi connectivity index (χ2v) is 5.89. The van der Waals surface area contributed by atoms with Crippen molar-refractivity contribution in [2.45, 2.75) is 13.1 Å². The Kier molecular flexibility index (Phi) is 4.00. The van der Waals surface area contributed by atoms with Crippen LogP contribution in [0.15, 0.2) is 36.5 Å². The summed E-state index contributed by atoms with van der Waals surface area (Å²) in [7, 11) is 0. The zero-order chi connectivity index (χ0) is 16.4. The molecule has 2 amide bonds. The third-order valence-electron chi connectivity index (χ3n) is 4.25. The van der Waals surface area contributed by atoms with Crippen LogP contribution in [0.4, 0.5) is 16.4 Å². The van der Waals surface area contributed by atoms with Crippen LogP contribution in [0.2, 0.25) is 0 Å². The van der Waals surface area contributed by atoms with Crippen molar-refractivity contribution in [3.8, 4) is 0 Å². The quantitative estimate of drug-likeness (QED) is 0.912. The highest BCUT2D eigenvalue weighted by molar-refractivity contribution is 5.89. The number of rotatable bonds is 2. The average Bonchev–Trinajstić information content (AvgIpc) is 3.07. The summed E-state index contributed by atoms with van der Waals surface area (Å²) in [6, 6.07) is 9.34. The van der Waals surface area contributed by atoms with Crippen molar-refractivity contribution >= 4 is 17.7 Å². The molecule has 0 spiro atoms. The van der Waals surface area contributed by atoms with Gasteiger partial charge in [-0.25, -0.2) is 14.8 Å². The van der Waals surface area contributed by atoms with Crippen molar-refractivity contribution in [3.05, 3.63) is 47.8 Å². The zero-order valence-corrected chi connectivity index (χ0v) is 13.3. The number of hydrogen-bond donors (Lipinski definition) is 1. The topological polar surface area (TPSA) is 70.6 Å². The van der Waals surface area contributed by atoms with Gasteiger partial charge in [-0.3, -0.25) is 0 Å². The first-order chi connectivity index (χ1) is 11.8. The van der Waals surface area contributed by atoms with Gasteiger partial charge in [0.05, 0.1) is 32.0 Å². The average molecular weight is 325 g/mol. The molecule has 0 aliphatic carbocycles. The molecule has 0 saturated carbocycles. The van der Waals surface area contributed by atoms with Gasteiger partial charge in [0.1, 0.15) is 0 Å². The second kappa shape index (κ2) is 6.45. The molecule has 2 aliphatic rings. The largest absolute Gasteiger partial charge is 0.378 e. The lowest BCUT2D eigenvalue weighted by atomic mass is 10.3. The molecular formula is C17H19N5O2. The second-order valence-electron chi connectivity index (χ2n) is 5.89. The van der Waals surface area contributed by atoms with Crippen molar-refractivity contribution in [1.29, 1.82) is 0 Å². The Morgan fingerprint density at radius 2 is 1.92 bits per heavy atom. The molecule has 2 aliphatic heterocycles. The Balaban J connectivity index is 1.44. The summed E-state index contributed by atoms with van der Waals surface area (Å²) in [5, 5.41) is 2.91. The molecule has 1 fully saturated rings. The maximum atomic E-state index is 12.4. The number of para-hydroxylation sites is 1. The fraction of sp³-hybridized carbons (Fsp3) is 0.353. The number of aromatic nitrogens is 2. The number of carbonyl (C=O) groups excluding carboxylic acids is 1. The van der Waals surface area contributed by atoms with E-state index < -0.39 is 0 Å². The van der Waals surface area contributed by atoms with E-state index in [2.05, 4.69) is 20.2 Å². The first-order valence-corrected chi connectivity index (χ1v) is 8.08. The maximum absolute atomic E-state index is 12.4. The molecule has 2 aromatic rings. The van der Waals surface area contributed by atoms with E-state index in [-0.39, 0.29) is 6.03 Å². The van der Waals surface area contributed by atoms with E-state index in [1.807, 2.05) is 36.5 Å². The van der Waals surface area contributed by atoms with Crippen LogP contribution in [0.5, 0.6) is 0 Å². The monoisotopic (exact) mass is 325 g/mol. The van der Waals surface area contributed by atoms with E-state index in [0.29, 0.717) is 26.3 Å². The number of nitrogens with zero attached hydrogens (tertiary/aromatic N) is 4. The normalized spacial score (nSPS) is 16.8. The summed E-state index contributed by atoms with van der Waals surface area (Å²) < 4.78 is 5.36. The van der Waals surface area contributed by atoms with Crippen molar-refractivity contribution in [3.63, 3.8) is 0 Å². The van der Waals surface area contributed by atoms with Gasteiger partial charge in [-0.15, -0.1) is 0 Å². The lowest BCUT2D eigenvalue weighted by molar-refractivity contribution is 0.122. The smallest absolute Gasteiger partial charge is 0.322 e. The molecule has 24 heavy (non-hydrogen) atoms. The fourth-order valence-corrected chi connectivity index (χ4v) is 2.93. The molecule has 0 unspecified atom stereocenters. The molecule has 1 aromatic carbocycles. The number of carbonyl (C=O) groups is 1. The minimum absolute atomic E-state index is 0.118. The number of morpholine rings is 1. The molecule has 1 aromatic heterocycles.